The SMILES string of the molecule is COCCCOc1cc(C(=O)N(C[C@@H]2CNC[C@@H]2N(CC(=O)NCc2ccccc2)CC(=O)NCc2ccccc2)C(C)C)ccc1OC. The van der Waals surface area contributed by atoms with Crippen LogP contribution in [0.5, 0.6) is 11.5 Å². The van der Waals surface area contributed by atoms with Gasteiger partial charge in [-0.3, -0.25) is 19.3 Å². The molecule has 1 aliphatic rings. The van der Waals surface area contributed by atoms with E-state index in [1.54, 1.807) is 32.4 Å². The second kappa shape index (κ2) is 19.5. The van der Waals surface area contributed by atoms with Gasteiger partial charge in [0.15, 0.2) is 11.5 Å². The van der Waals surface area contributed by atoms with E-state index in [4.69, 9.17) is 14.2 Å². The van der Waals surface area contributed by atoms with Gasteiger partial charge in [0.1, 0.15) is 0 Å². The zero-order valence-electron chi connectivity index (χ0n) is 29.2. The molecule has 4 rings (SSSR count). The van der Waals surface area contributed by atoms with Crippen molar-refractivity contribution in [2.75, 3.05) is 60.2 Å². The maximum Gasteiger partial charge on any atom is 0.254 e. The summed E-state index contributed by atoms with van der Waals surface area (Å²) in [4.78, 5) is 44.4. The number of hydrogen-bond acceptors (Lipinski definition) is 8. The van der Waals surface area contributed by atoms with Crippen molar-refractivity contribution in [1.82, 2.24) is 25.8 Å². The molecule has 3 aromatic carbocycles. The van der Waals surface area contributed by atoms with Crippen molar-refractivity contribution in [2.24, 2.45) is 5.92 Å². The van der Waals surface area contributed by atoms with Crippen LogP contribution < -0.4 is 25.4 Å². The summed E-state index contributed by atoms with van der Waals surface area (Å²) in [6.45, 7) is 7.55. The summed E-state index contributed by atoms with van der Waals surface area (Å²) >= 11 is 0. The summed E-state index contributed by atoms with van der Waals surface area (Å²) in [6, 6.07) is 24.4. The zero-order valence-corrected chi connectivity index (χ0v) is 29.2. The molecule has 1 fully saturated rings. The van der Waals surface area contributed by atoms with Crippen LogP contribution in [-0.2, 0) is 27.4 Å². The number of amides is 3. The molecule has 3 N–H and O–H groups in total. The van der Waals surface area contributed by atoms with E-state index in [2.05, 4.69) is 16.0 Å². The molecule has 264 valence electrons. The first kappa shape index (κ1) is 37.4. The predicted molar refractivity (Wildman–Crippen MR) is 189 cm³/mol. The zero-order chi connectivity index (χ0) is 35.0. The number of methoxy groups -OCH3 is 2. The number of nitrogens with zero attached hydrogens (tertiary/aromatic N) is 2. The van der Waals surface area contributed by atoms with Crippen molar-refractivity contribution in [3.8, 4) is 11.5 Å². The number of nitrogens with one attached hydrogen (secondary N) is 3. The summed E-state index contributed by atoms with van der Waals surface area (Å²) in [5.74, 6) is 0.562. The van der Waals surface area contributed by atoms with Gasteiger partial charge in [-0.15, -0.1) is 0 Å². The van der Waals surface area contributed by atoms with Crippen LogP contribution in [0.1, 0.15) is 41.8 Å². The van der Waals surface area contributed by atoms with Crippen molar-refractivity contribution >= 4 is 17.7 Å². The van der Waals surface area contributed by atoms with Crippen LogP contribution in [0.3, 0.4) is 0 Å². The fraction of sp³-hybridized carbons (Fsp3) is 0.447. The average Bonchev–Trinajstić information content (AvgIpc) is 3.59. The molecule has 11 nitrogen and oxygen atoms in total. The van der Waals surface area contributed by atoms with Gasteiger partial charge in [-0.25, -0.2) is 0 Å². The molecular weight excluding hydrogens is 622 g/mol. The Hall–Kier alpha value is -4.45. The van der Waals surface area contributed by atoms with Gasteiger partial charge in [-0.1, -0.05) is 60.7 Å². The largest absolute Gasteiger partial charge is 0.493 e. The summed E-state index contributed by atoms with van der Waals surface area (Å²) in [6.07, 6.45) is 0.705. The number of carbonyl (C=O) groups is 3. The van der Waals surface area contributed by atoms with Crippen molar-refractivity contribution < 1.29 is 28.6 Å². The number of carbonyl (C=O) groups excluding carboxylic acids is 3. The van der Waals surface area contributed by atoms with Gasteiger partial charge in [-0.05, 0) is 43.2 Å². The molecule has 2 atom stereocenters. The van der Waals surface area contributed by atoms with E-state index >= 15 is 0 Å². The lowest BCUT2D eigenvalue weighted by atomic mass is 9.99. The Morgan fingerprint density at radius 1 is 0.816 bits per heavy atom. The van der Waals surface area contributed by atoms with Gasteiger partial charge >= 0.3 is 0 Å². The summed E-state index contributed by atoms with van der Waals surface area (Å²) in [5, 5.41) is 9.47. The highest BCUT2D eigenvalue weighted by Crippen LogP contribution is 2.29. The van der Waals surface area contributed by atoms with E-state index in [1.165, 1.54) is 0 Å². The quantitative estimate of drug-likeness (QED) is 0.166. The van der Waals surface area contributed by atoms with E-state index in [0.717, 1.165) is 11.1 Å². The van der Waals surface area contributed by atoms with Gasteiger partial charge in [0.25, 0.3) is 5.91 Å². The predicted octanol–water partition coefficient (Wildman–Crippen LogP) is 3.48. The first-order valence-electron chi connectivity index (χ1n) is 17.0. The highest BCUT2D eigenvalue weighted by molar-refractivity contribution is 5.95. The first-order chi connectivity index (χ1) is 23.8. The first-order valence-corrected chi connectivity index (χ1v) is 17.0. The van der Waals surface area contributed by atoms with Crippen LogP contribution in [-0.4, -0.2) is 99.8 Å². The van der Waals surface area contributed by atoms with Gasteiger partial charge in [0, 0.05) is 76.4 Å². The second-order valence-corrected chi connectivity index (χ2v) is 12.5. The monoisotopic (exact) mass is 673 g/mol. The minimum absolute atomic E-state index is 0.0294. The van der Waals surface area contributed by atoms with E-state index < -0.39 is 0 Å². The highest BCUT2D eigenvalue weighted by Gasteiger charge is 2.36. The van der Waals surface area contributed by atoms with Crippen LogP contribution >= 0.6 is 0 Å². The number of ether oxygens (including phenoxy) is 3. The molecule has 0 unspecified atom stereocenters. The highest BCUT2D eigenvalue weighted by atomic mass is 16.5. The molecule has 0 saturated carbocycles. The Labute approximate surface area is 290 Å². The van der Waals surface area contributed by atoms with Gasteiger partial charge in [0.05, 0.1) is 26.8 Å². The Morgan fingerprint density at radius 3 is 1.98 bits per heavy atom. The van der Waals surface area contributed by atoms with Crippen molar-refractivity contribution in [3.05, 3.63) is 95.6 Å². The van der Waals surface area contributed by atoms with E-state index in [1.807, 2.05) is 84.3 Å². The molecule has 0 bridgehead atoms. The number of hydrogen-bond donors (Lipinski definition) is 3. The lowest BCUT2D eigenvalue weighted by molar-refractivity contribution is -0.126. The maximum absolute atomic E-state index is 14.0. The topological polar surface area (TPSA) is 121 Å². The Morgan fingerprint density at radius 2 is 1.43 bits per heavy atom. The molecule has 1 aliphatic heterocycles. The number of benzene rings is 3. The lowest BCUT2D eigenvalue weighted by Gasteiger charge is -2.36. The fourth-order valence-corrected chi connectivity index (χ4v) is 5.95. The Balaban J connectivity index is 1.48. The average molecular weight is 674 g/mol. The third-order valence-electron chi connectivity index (χ3n) is 8.61. The smallest absolute Gasteiger partial charge is 0.254 e. The van der Waals surface area contributed by atoms with E-state index in [9.17, 15) is 14.4 Å². The van der Waals surface area contributed by atoms with Crippen LogP contribution in [0.25, 0.3) is 0 Å². The third kappa shape index (κ3) is 11.6. The molecule has 49 heavy (non-hydrogen) atoms. The molecule has 3 amide bonds. The van der Waals surface area contributed by atoms with E-state index in [0.29, 0.717) is 69.4 Å². The van der Waals surface area contributed by atoms with Crippen molar-refractivity contribution in [1.29, 1.82) is 0 Å². The lowest BCUT2D eigenvalue weighted by Crippen LogP contribution is -2.52. The summed E-state index contributed by atoms with van der Waals surface area (Å²) in [7, 11) is 3.22. The normalized spacial score (nSPS) is 15.6. The molecular formula is C38H51N5O6. The number of rotatable bonds is 19. The van der Waals surface area contributed by atoms with Crippen LogP contribution in [0.4, 0.5) is 0 Å². The Bertz CT molecular complexity index is 1410. The van der Waals surface area contributed by atoms with Crippen molar-refractivity contribution in [3.63, 3.8) is 0 Å². The maximum atomic E-state index is 14.0. The van der Waals surface area contributed by atoms with Crippen LogP contribution in [0.2, 0.25) is 0 Å². The third-order valence-corrected chi connectivity index (χ3v) is 8.61. The summed E-state index contributed by atoms with van der Waals surface area (Å²) < 4.78 is 16.5. The van der Waals surface area contributed by atoms with Crippen LogP contribution in [0, 0.1) is 5.92 Å². The molecule has 1 heterocycles. The summed E-state index contributed by atoms with van der Waals surface area (Å²) in [5.41, 5.74) is 2.49. The molecule has 0 aliphatic carbocycles. The Kier molecular flexibility index (Phi) is 14.9. The molecule has 3 aromatic rings. The fourth-order valence-electron chi connectivity index (χ4n) is 5.95. The molecule has 0 aromatic heterocycles. The molecule has 0 spiro atoms. The minimum Gasteiger partial charge on any atom is -0.493 e. The van der Waals surface area contributed by atoms with Gasteiger partial charge in [0.2, 0.25) is 11.8 Å². The molecule has 0 radical (unpaired) electrons. The van der Waals surface area contributed by atoms with Crippen LogP contribution in [0.15, 0.2) is 78.9 Å². The second-order valence-electron chi connectivity index (χ2n) is 12.5. The van der Waals surface area contributed by atoms with Crippen molar-refractivity contribution in [2.45, 2.75) is 45.4 Å². The van der Waals surface area contributed by atoms with Gasteiger partial charge < -0.3 is 35.1 Å². The minimum atomic E-state index is -0.168. The molecule has 1 saturated heterocycles. The molecule has 11 heteroatoms. The standard InChI is InChI=1S/C38H51N5O6/c1-28(2)43(38(46)31-16-17-34(48-4)35(20-31)49-19-11-18-47-3)25-32-23-39-24-33(32)42(26-36(44)40-21-29-12-7-5-8-13-29)27-37(45)41-22-30-14-9-6-10-15-30/h5-10,12-17,20,28,32-33,39H,11,18-19,21-27H2,1-4H3,(H,40,44)(H,41,45)/t32-,33-/m0/s1. The van der Waals surface area contributed by atoms with Gasteiger partial charge in [-0.2, -0.15) is 0 Å². The van der Waals surface area contributed by atoms with E-state index in [-0.39, 0.29) is 48.8 Å².